The molecular weight excluding hydrogens is 237 g/mol. The standard InChI is InChI=1S/C13H16FNOS/c1-2-5-16-8-11(15)13-7-9-6-10(14)3-4-12(9)17-13/h3-4,6-7,11H,2,5,8,15H2,1H3. The van der Waals surface area contributed by atoms with E-state index in [0.717, 1.165) is 28.0 Å². The largest absolute Gasteiger partial charge is 0.379 e. The minimum absolute atomic E-state index is 0.123. The molecule has 2 aromatic rings. The highest BCUT2D eigenvalue weighted by atomic mass is 32.1. The average Bonchev–Trinajstić information content (AvgIpc) is 2.72. The van der Waals surface area contributed by atoms with Gasteiger partial charge in [-0.3, -0.25) is 0 Å². The summed E-state index contributed by atoms with van der Waals surface area (Å²) in [6, 6.07) is 6.63. The maximum atomic E-state index is 13.0. The van der Waals surface area contributed by atoms with Crippen LogP contribution in [0.1, 0.15) is 24.3 Å². The molecule has 1 aromatic carbocycles. The first-order valence-corrected chi connectivity index (χ1v) is 6.54. The lowest BCUT2D eigenvalue weighted by atomic mass is 10.2. The fourth-order valence-electron chi connectivity index (χ4n) is 1.65. The molecule has 0 amide bonds. The molecule has 0 aliphatic carbocycles. The quantitative estimate of drug-likeness (QED) is 0.828. The number of fused-ring (bicyclic) bond motifs is 1. The van der Waals surface area contributed by atoms with Crippen LogP contribution in [0.3, 0.4) is 0 Å². The van der Waals surface area contributed by atoms with E-state index in [1.165, 1.54) is 12.1 Å². The maximum absolute atomic E-state index is 13.0. The second-order valence-electron chi connectivity index (χ2n) is 4.01. The Balaban J connectivity index is 2.12. The van der Waals surface area contributed by atoms with Crippen LogP contribution < -0.4 is 5.73 Å². The third-order valence-corrected chi connectivity index (χ3v) is 3.76. The van der Waals surface area contributed by atoms with Gasteiger partial charge in [-0.05, 0) is 36.1 Å². The minimum atomic E-state index is -0.211. The lowest BCUT2D eigenvalue weighted by molar-refractivity contribution is 0.122. The smallest absolute Gasteiger partial charge is 0.123 e. The SMILES string of the molecule is CCCOCC(N)c1cc2cc(F)ccc2s1. The van der Waals surface area contributed by atoms with E-state index in [1.807, 2.05) is 6.07 Å². The van der Waals surface area contributed by atoms with Crippen LogP contribution in [0.5, 0.6) is 0 Å². The lowest BCUT2D eigenvalue weighted by Crippen LogP contribution is -2.16. The minimum Gasteiger partial charge on any atom is -0.379 e. The van der Waals surface area contributed by atoms with E-state index in [-0.39, 0.29) is 11.9 Å². The van der Waals surface area contributed by atoms with Crippen LogP contribution in [0.25, 0.3) is 10.1 Å². The van der Waals surface area contributed by atoms with Crippen LogP contribution in [0, 0.1) is 5.82 Å². The Kier molecular flexibility index (Phi) is 4.10. The molecule has 2 rings (SSSR count). The number of halogens is 1. The molecule has 0 radical (unpaired) electrons. The Morgan fingerprint density at radius 2 is 2.24 bits per heavy atom. The summed E-state index contributed by atoms with van der Waals surface area (Å²) in [6.45, 7) is 3.31. The molecule has 4 heteroatoms. The van der Waals surface area contributed by atoms with Gasteiger partial charge in [0.2, 0.25) is 0 Å². The van der Waals surface area contributed by atoms with E-state index in [4.69, 9.17) is 10.5 Å². The normalized spacial score (nSPS) is 13.1. The zero-order valence-electron chi connectivity index (χ0n) is 9.78. The summed E-state index contributed by atoms with van der Waals surface area (Å²) in [5.41, 5.74) is 6.03. The van der Waals surface area contributed by atoms with Gasteiger partial charge in [-0.15, -0.1) is 11.3 Å². The molecular formula is C13H16FNOS. The molecule has 2 nitrogen and oxygen atoms in total. The van der Waals surface area contributed by atoms with Gasteiger partial charge in [-0.25, -0.2) is 4.39 Å². The van der Waals surface area contributed by atoms with E-state index in [0.29, 0.717) is 6.61 Å². The van der Waals surface area contributed by atoms with Gasteiger partial charge in [0.25, 0.3) is 0 Å². The van der Waals surface area contributed by atoms with Gasteiger partial charge in [0, 0.05) is 16.2 Å². The van der Waals surface area contributed by atoms with Gasteiger partial charge in [-0.1, -0.05) is 6.92 Å². The Morgan fingerprint density at radius 1 is 1.41 bits per heavy atom. The number of benzene rings is 1. The van der Waals surface area contributed by atoms with Crippen LogP contribution in [0.2, 0.25) is 0 Å². The number of nitrogens with two attached hydrogens (primary N) is 1. The first-order valence-electron chi connectivity index (χ1n) is 5.73. The summed E-state index contributed by atoms with van der Waals surface area (Å²) in [5, 5.41) is 0.913. The van der Waals surface area contributed by atoms with Crippen molar-refractivity contribution >= 4 is 21.4 Å². The number of hydrogen-bond acceptors (Lipinski definition) is 3. The van der Waals surface area contributed by atoms with E-state index in [9.17, 15) is 4.39 Å². The summed E-state index contributed by atoms with van der Waals surface area (Å²) in [4.78, 5) is 1.04. The molecule has 1 aromatic heterocycles. The molecule has 1 unspecified atom stereocenters. The van der Waals surface area contributed by atoms with E-state index in [2.05, 4.69) is 6.92 Å². The van der Waals surface area contributed by atoms with E-state index in [1.54, 1.807) is 17.4 Å². The first kappa shape index (κ1) is 12.5. The van der Waals surface area contributed by atoms with Crippen molar-refractivity contribution in [2.24, 2.45) is 5.73 Å². The molecule has 0 spiro atoms. The predicted octanol–water partition coefficient (Wildman–Crippen LogP) is 3.47. The fourth-order valence-corrected chi connectivity index (χ4v) is 2.69. The van der Waals surface area contributed by atoms with Crippen LogP contribution in [0.15, 0.2) is 24.3 Å². The van der Waals surface area contributed by atoms with Gasteiger partial charge >= 0.3 is 0 Å². The first-order chi connectivity index (χ1) is 8.20. The van der Waals surface area contributed by atoms with Crippen molar-refractivity contribution in [2.75, 3.05) is 13.2 Å². The fraction of sp³-hybridized carbons (Fsp3) is 0.385. The van der Waals surface area contributed by atoms with Gasteiger partial charge in [-0.2, -0.15) is 0 Å². The molecule has 0 saturated heterocycles. The second kappa shape index (κ2) is 5.58. The molecule has 0 aliphatic heterocycles. The molecule has 1 atom stereocenters. The summed E-state index contributed by atoms with van der Waals surface area (Å²) < 4.78 is 19.5. The van der Waals surface area contributed by atoms with Gasteiger partial charge < -0.3 is 10.5 Å². The van der Waals surface area contributed by atoms with E-state index < -0.39 is 0 Å². The van der Waals surface area contributed by atoms with Crippen molar-refractivity contribution in [3.8, 4) is 0 Å². The monoisotopic (exact) mass is 253 g/mol. The number of ether oxygens (including phenoxy) is 1. The highest BCUT2D eigenvalue weighted by molar-refractivity contribution is 7.19. The van der Waals surface area contributed by atoms with Gasteiger partial charge in [0.15, 0.2) is 0 Å². The van der Waals surface area contributed by atoms with Crippen molar-refractivity contribution in [2.45, 2.75) is 19.4 Å². The Hall–Kier alpha value is -0.970. The molecule has 0 saturated carbocycles. The maximum Gasteiger partial charge on any atom is 0.123 e. The molecule has 0 aliphatic rings. The van der Waals surface area contributed by atoms with Crippen LogP contribution in [-0.2, 0) is 4.74 Å². The Morgan fingerprint density at radius 3 is 3.00 bits per heavy atom. The van der Waals surface area contributed by atoms with E-state index >= 15 is 0 Å². The second-order valence-corrected chi connectivity index (χ2v) is 5.13. The summed E-state index contributed by atoms with van der Waals surface area (Å²) in [5.74, 6) is -0.211. The average molecular weight is 253 g/mol. The Bertz CT molecular complexity index is 497. The highest BCUT2D eigenvalue weighted by Crippen LogP contribution is 2.29. The van der Waals surface area contributed by atoms with Crippen molar-refractivity contribution in [1.29, 1.82) is 0 Å². The summed E-state index contributed by atoms with van der Waals surface area (Å²) in [6.07, 6.45) is 0.990. The molecule has 17 heavy (non-hydrogen) atoms. The van der Waals surface area contributed by atoms with Crippen LogP contribution in [-0.4, -0.2) is 13.2 Å². The predicted molar refractivity (Wildman–Crippen MR) is 69.8 cm³/mol. The topological polar surface area (TPSA) is 35.2 Å². The zero-order chi connectivity index (χ0) is 12.3. The van der Waals surface area contributed by atoms with Crippen molar-refractivity contribution in [3.05, 3.63) is 35.0 Å². The van der Waals surface area contributed by atoms with Crippen LogP contribution in [0.4, 0.5) is 4.39 Å². The lowest BCUT2D eigenvalue weighted by Gasteiger charge is -2.09. The molecule has 2 N–H and O–H groups in total. The van der Waals surface area contributed by atoms with Crippen molar-refractivity contribution in [3.63, 3.8) is 0 Å². The summed E-state index contributed by atoms with van der Waals surface area (Å²) in [7, 11) is 0. The van der Waals surface area contributed by atoms with Crippen molar-refractivity contribution in [1.82, 2.24) is 0 Å². The Labute approximate surface area is 104 Å². The third-order valence-electron chi connectivity index (χ3n) is 2.51. The number of hydrogen-bond donors (Lipinski definition) is 1. The number of thiophene rings is 1. The van der Waals surface area contributed by atoms with Gasteiger partial charge in [0.05, 0.1) is 12.6 Å². The van der Waals surface area contributed by atoms with Crippen molar-refractivity contribution < 1.29 is 9.13 Å². The molecule has 92 valence electrons. The summed E-state index contributed by atoms with van der Waals surface area (Å²) >= 11 is 1.60. The highest BCUT2D eigenvalue weighted by Gasteiger charge is 2.10. The molecule has 0 bridgehead atoms. The zero-order valence-corrected chi connectivity index (χ0v) is 10.6. The molecule has 0 fully saturated rings. The van der Waals surface area contributed by atoms with Gasteiger partial charge in [0.1, 0.15) is 5.82 Å². The third kappa shape index (κ3) is 3.03. The molecule has 1 heterocycles. The van der Waals surface area contributed by atoms with Crippen LogP contribution >= 0.6 is 11.3 Å². The number of rotatable bonds is 5.